The van der Waals surface area contributed by atoms with Crippen LogP contribution in [0.25, 0.3) is 10.7 Å². The number of alkyl halides is 1. The minimum Gasteiger partial charge on any atom is -0.337 e. The molecular formula is C12H12ClN5OS. The Labute approximate surface area is 124 Å². The Morgan fingerprint density at radius 2 is 2.40 bits per heavy atom. The molecule has 0 radical (unpaired) electrons. The van der Waals surface area contributed by atoms with Crippen molar-refractivity contribution < 1.29 is 4.52 Å². The SMILES string of the molecule is CCC(Cl)c1cn(Cc2nc(-c3cccs3)no2)nn1. The number of hydrogen-bond acceptors (Lipinski definition) is 6. The average molecular weight is 310 g/mol. The highest BCUT2D eigenvalue weighted by Crippen LogP contribution is 2.22. The summed E-state index contributed by atoms with van der Waals surface area (Å²) in [6, 6.07) is 3.90. The molecule has 0 saturated carbocycles. The van der Waals surface area contributed by atoms with Crippen molar-refractivity contribution in [3.05, 3.63) is 35.3 Å². The highest BCUT2D eigenvalue weighted by molar-refractivity contribution is 7.13. The molecule has 0 aliphatic rings. The Hall–Kier alpha value is -1.73. The molecule has 0 aliphatic heterocycles. The quantitative estimate of drug-likeness (QED) is 0.677. The Kier molecular flexibility index (Phi) is 3.79. The van der Waals surface area contributed by atoms with E-state index in [1.807, 2.05) is 24.4 Å². The molecule has 1 atom stereocenters. The number of rotatable bonds is 5. The van der Waals surface area contributed by atoms with Crippen LogP contribution in [0.1, 0.15) is 30.3 Å². The van der Waals surface area contributed by atoms with Gasteiger partial charge in [0.2, 0.25) is 11.7 Å². The fourth-order valence-electron chi connectivity index (χ4n) is 1.71. The lowest BCUT2D eigenvalue weighted by atomic mass is 10.3. The molecule has 0 aromatic carbocycles. The average Bonchev–Trinajstić information content (AvgIpc) is 3.19. The topological polar surface area (TPSA) is 69.6 Å². The van der Waals surface area contributed by atoms with Crippen LogP contribution >= 0.6 is 22.9 Å². The van der Waals surface area contributed by atoms with Gasteiger partial charge in [0, 0.05) is 0 Å². The molecule has 6 nitrogen and oxygen atoms in total. The maximum atomic E-state index is 6.11. The van der Waals surface area contributed by atoms with Crippen LogP contribution in [-0.2, 0) is 6.54 Å². The van der Waals surface area contributed by atoms with Gasteiger partial charge in [0.05, 0.1) is 16.5 Å². The zero-order valence-electron chi connectivity index (χ0n) is 10.7. The van der Waals surface area contributed by atoms with E-state index in [0.29, 0.717) is 18.3 Å². The predicted octanol–water partition coefficient (Wildman–Crippen LogP) is 3.13. The summed E-state index contributed by atoms with van der Waals surface area (Å²) < 4.78 is 6.86. The van der Waals surface area contributed by atoms with Gasteiger partial charge in [-0.1, -0.05) is 23.4 Å². The van der Waals surface area contributed by atoms with E-state index < -0.39 is 0 Å². The van der Waals surface area contributed by atoms with Crippen molar-refractivity contribution in [1.29, 1.82) is 0 Å². The van der Waals surface area contributed by atoms with Crippen molar-refractivity contribution >= 4 is 22.9 Å². The smallest absolute Gasteiger partial charge is 0.248 e. The predicted molar refractivity (Wildman–Crippen MR) is 75.6 cm³/mol. The summed E-state index contributed by atoms with van der Waals surface area (Å²) in [7, 11) is 0. The standard InChI is InChI=1S/C12H12ClN5OS/c1-2-8(13)9-6-18(17-15-9)7-11-14-12(16-19-11)10-4-3-5-20-10/h3-6,8H,2,7H2,1H3. The van der Waals surface area contributed by atoms with E-state index in [1.165, 1.54) is 0 Å². The van der Waals surface area contributed by atoms with Crippen LogP contribution in [0.15, 0.2) is 28.2 Å². The molecule has 3 aromatic heterocycles. The van der Waals surface area contributed by atoms with Gasteiger partial charge in [-0.3, -0.25) is 0 Å². The summed E-state index contributed by atoms with van der Waals surface area (Å²) in [6.07, 6.45) is 2.61. The number of hydrogen-bond donors (Lipinski definition) is 0. The summed E-state index contributed by atoms with van der Waals surface area (Å²) in [5.41, 5.74) is 0.757. The number of thiophene rings is 1. The van der Waals surface area contributed by atoms with Crippen molar-refractivity contribution in [3.8, 4) is 10.7 Å². The molecule has 0 saturated heterocycles. The normalized spacial score (nSPS) is 12.7. The van der Waals surface area contributed by atoms with Gasteiger partial charge in [-0.15, -0.1) is 28.0 Å². The van der Waals surface area contributed by atoms with E-state index in [9.17, 15) is 0 Å². The second-order valence-corrected chi connectivity index (χ2v) is 5.68. The van der Waals surface area contributed by atoms with Gasteiger partial charge >= 0.3 is 0 Å². The monoisotopic (exact) mass is 309 g/mol. The fraction of sp³-hybridized carbons (Fsp3) is 0.333. The van der Waals surface area contributed by atoms with Gasteiger partial charge in [-0.25, -0.2) is 4.68 Å². The molecule has 104 valence electrons. The molecule has 3 rings (SSSR count). The third-order valence-corrected chi connectivity index (χ3v) is 4.14. The molecule has 0 fully saturated rings. The summed E-state index contributed by atoms with van der Waals surface area (Å²) in [6.45, 7) is 2.39. The van der Waals surface area contributed by atoms with Crippen LogP contribution in [0, 0.1) is 0 Å². The van der Waals surface area contributed by atoms with Crippen molar-refractivity contribution in [3.63, 3.8) is 0 Å². The fourth-order valence-corrected chi connectivity index (χ4v) is 2.46. The minimum absolute atomic E-state index is 0.117. The van der Waals surface area contributed by atoms with Gasteiger partial charge in [-0.2, -0.15) is 4.98 Å². The largest absolute Gasteiger partial charge is 0.337 e. The summed E-state index contributed by atoms with van der Waals surface area (Å²) in [5, 5.41) is 13.8. The second-order valence-electron chi connectivity index (χ2n) is 4.21. The van der Waals surface area contributed by atoms with Crippen LogP contribution in [0.2, 0.25) is 0 Å². The van der Waals surface area contributed by atoms with E-state index >= 15 is 0 Å². The van der Waals surface area contributed by atoms with Crippen LogP contribution in [0.5, 0.6) is 0 Å². The van der Waals surface area contributed by atoms with Gasteiger partial charge in [-0.05, 0) is 17.9 Å². The van der Waals surface area contributed by atoms with Crippen molar-refractivity contribution in [2.24, 2.45) is 0 Å². The van der Waals surface area contributed by atoms with Gasteiger partial charge in [0.25, 0.3) is 0 Å². The number of halogens is 1. The maximum absolute atomic E-state index is 6.11. The lowest BCUT2D eigenvalue weighted by Gasteiger charge is -1.98. The minimum atomic E-state index is -0.117. The van der Waals surface area contributed by atoms with Crippen LogP contribution < -0.4 is 0 Å². The Morgan fingerprint density at radius 3 is 3.15 bits per heavy atom. The summed E-state index contributed by atoms with van der Waals surface area (Å²) >= 11 is 7.68. The summed E-state index contributed by atoms with van der Waals surface area (Å²) in [5.74, 6) is 1.09. The molecular weight excluding hydrogens is 298 g/mol. The second kappa shape index (κ2) is 5.72. The van der Waals surface area contributed by atoms with E-state index in [0.717, 1.165) is 17.0 Å². The first-order valence-corrected chi connectivity index (χ1v) is 7.48. The van der Waals surface area contributed by atoms with Crippen LogP contribution in [0.3, 0.4) is 0 Å². The molecule has 0 bridgehead atoms. The third kappa shape index (κ3) is 2.73. The lowest BCUT2D eigenvalue weighted by Crippen LogP contribution is -2.00. The highest BCUT2D eigenvalue weighted by atomic mass is 35.5. The molecule has 8 heteroatoms. The number of aromatic nitrogens is 5. The zero-order chi connectivity index (χ0) is 13.9. The van der Waals surface area contributed by atoms with Crippen molar-refractivity contribution in [1.82, 2.24) is 25.1 Å². The summed E-state index contributed by atoms with van der Waals surface area (Å²) in [4.78, 5) is 5.31. The van der Waals surface area contributed by atoms with Gasteiger partial charge < -0.3 is 4.52 Å². The van der Waals surface area contributed by atoms with E-state index in [2.05, 4.69) is 20.5 Å². The number of nitrogens with zero attached hydrogens (tertiary/aromatic N) is 5. The Bertz CT molecular complexity index is 678. The van der Waals surface area contributed by atoms with Gasteiger partial charge in [0.15, 0.2) is 0 Å². The molecule has 20 heavy (non-hydrogen) atoms. The first-order valence-electron chi connectivity index (χ1n) is 6.17. The first-order chi connectivity index (χ1) is 9.76. The van der Waals surface area contributed by atoms with E-state index in [4.69, 9.17) is 16.1 Å². The molecule has 0 amide bonds. The Morgan fingerprint density at radius 1 is 1.50 bits per heavy atom. The van der Waals surface area contributed by atoms with Crippen molar-refractivity contribution in [2.45, 2.75) is 25.3 Å². The van der Waals surface area contributed by atoms with Crippen molar-refractivity contribution in [2.75, 3.05) is 0 Å². The molecule has 1 unspecified atom stereocenters. The Balaban J connectivity index is 1.73. The molecule has 3 heterocycles. The van der Waals surface area contributed by atoms with E-state index in [1.54, 1.807) is 22.2 Å². The maximum Gasteiger partial charge on any atom is 0.248 e. The molecule has 3 aromatic rings. The molecule has 0 aliphatic carbocycles. The van der Waals surface area contributed by atoms with E-state index in [-0.39, 0.29) is 5.38 Å². The molecule has 0 N–H and O–H groups in total. The first kappa shape index (κ1) is 13.3. The van der Waals surface area contributed by atoms with Gasteiger partial charge in [0.1, 0.15) is 12.2 Å². The zero-order valence-corrected chi connectivity index (χ0v) is 12.3. The lowest BCUT2D eigenvalue weighted by molar-refractivity contribution is 0.364. The van der Waals surface area contributed by atoms with Crippen LogP contribution in [0.4, 0.5) is 0 Å². The third-order valence-electron chi connectivity index (χ3n) is 2.74. The molecule has 0 spiro atoms. The van der Waals surface area contributed by atoms with Crippen LogP contribution in [-0.4, -0.2) is 25.1 Å². The highest BCUT2D eigenvalue weighted by Gasteiger charge is 2.13.